The van der Waals surface area contributed by atoms with Gasteiger partial charge in [0.2, 0.25) is 0 Å². The number of benzene rings is 16. The molecule has 0 saturated carbocycles. The van der Waals surface area contributed by atoms with Crippen molar-refractivity contribution >= 4 is 155 Å². The molecule has 102 heavy (non-hydrogen) atoms. The van der Waals surface area contributed by atoms with E-state index in [1.165, 1.54) is 61.1 Å². The highest BCUT2D eigenvalue weighted by molar-refractivity contribution is 6.16. The number of hydrogen-bond donors (Lipinski definition) is 0. The summed E-state index contributed by atoms with van der Waals surface area (Å²) in [6.07, 6.45) is 0.739. The molecule has 0 aliphatic rings. The summed E-state index contributed by atoms with van der Waals surface area (Å²) in [4.78, 5) is 9.50. The van der Waals surface area contributed by atoms with Crippen molar-refractivity contribution < 1.29 is 8.83 Å². The molecule has 2 heterocycles. The highest BCUT2D eigenvalue weighted by Gasteiger charge is 2.23. The molecule has 18 rings (SSSR count). The van der Waals surface area contributed by atoms with Gasteiger partial charge in [-0.3, -0.25) is 0 Å². The average Bonchev–Trinajstić information content (AvgIpc) is 1.50. The number of rotatable bonds is 14. The van der Waals surface area contributed by atoms with Crippen LogP contribution in [0.15, 0.2) is 318 Å². The largest absolute Gasteiger partial charge is 0.456 e. The van der Waals surface area contributed by atoms with E-state index in [0.29, 0.717) is 0 Å². The fourth-order valence-electron chi connectivity index (χ4n) is 15.2. The van der Waals surface area contributed by atoms with Crippen LogP contribution in [0.25, 0.3) is 87.0 Å². The van der Waals surface area contributed by atoms with Crippen LogP contribution in [-0.2, 0) is 6.42 Å². The Hall–Kier alpha value is -12.6. The third-order valence-electron chi connectivity index (χ3n) is 20.8. The predicted molar refractivity (Wildman–Crippen MR) is 432 cm³/mol. The van der Waals surface area contributed by atoms with E-state index in [9.17, 15) is 0 Å². The van der Waals surface area contributed by atoms with E-state index >= 15 is 0 Å². The smallest absolute Gasteiger partial charge is 0.136 e. The van der Waals surface area contributed by atoms with Crippen molar-refractivity contribution in [3.63, 3.8) is 0 Å². The van der Waals surface area contributed by atoms with Gasteiger partial charge in [0.15, 0.2) is 0 Å². The van der Waals surface area contributed by atoms with Crippen LogP contribution in [0.1, 0.15) is 50.1 Å². The summed E-state index contributed by atoms with van der Waals surface area (Å²) in [5.74, 6) is 0. The quantitative estimate of drug-likeness (QED) is 0.108. The topological polar surface area (TPSA) is 39.2 Å². The highest BCUT2D eigenvalue weighted by atomic mass is 16.3. The lowest BCUT2D eigenvalue weighted by Gasteiger charge is -2.28. The Labute approximate surface area is 594 Å². The molecule has 6 heteroatoms. The van der Waals surface area contributed by atoms with Gasteiger partial charge < -0.3 is 28.4 Å². The molecule has 16 aromatic carbocycles. The second kappa shape index (κ2) is 25.0. The second-order valence-corrected chi connectivity index (χ2v) is 27.9. The van der Waals surface area contributed by atoms with Gasteiger partial charge in [0.05, 0.1) is 0 Å². The molecule has 6 nitrogen and oxygen atoms in total. The highest BCUT2D eigenvalue weighted by Crippen LogP contribution is 2.46. The maximum absolute atomic E-state index is 6.87. The molecule has 2 aromatic heterocycles. The van der Waals surface area contributed by atoms with Gasteiger partial charge in [0, 0.05) is 89.8 Å². The van der Waals surface area contributed by atoms with Crippen LogP contribution < -0.4 is 19.6 Å². The van der Waals surface area contributed by atoms with E-state index in [4.69, 9.17) is 8.83 Å². The number of furan rings is 2. The third-order valence-corrected chi connectivity index (χ3v) is 20.8. The van der Waals surface area contributed by atoms with E-state index in [2.05, 4.69) is 377 Å². The van der Waals surface area contributed by atoms with Crippen LogP contribution in [0.3, 0.4) is 0 Å². The zero-order valence-corrected chi connectivity index (χ0v) is 58.3. The molecular formula is C96H74N4O2. The van der Waals surface area contributed by atoms with Crippen LogP contribution in [0.2, 0.25) is 0 Å². The molecule has 0 radical (unpaired) electrons. The first-order valence-electron chi connectivity index (χ1n) is 35.3. The molecule has 0 N–H and O–H groups in total. The lowest BCUT2D eigenvalue weighted by molar-refractivity contribution is 0.669. The number of anilines is 12. The average molecular weight is 1320 g/mol. The van der Waals surface area contributed by atoms with E-state index < -0.39 is 0 Å². The molecular weight excluding hydrogens is 1240 g/mol. The van der Waals surface area contributed by atoms with Crippen molar-refractivity contribution in [2.75, 3.05) is 19.6 Å². The van der Waals surface area contributed by atoms with Crippen LogP contribution in [-0.4, -0.2) is 0 Å². The maximum Gasteiger partial charge on any atom is 0.136 e. The van der Waals surface area contributed by atoms with Crippen molar-refractivity contribution in [1.82, 2.24) is 0 Å². The first kappa shape index (κ1) is 61.7. The summed E-state index contributed by atoms with van der Waals surface area (Å²) >= 11 is 0. The lowest BCUT2D eigenvalue weighted by Crippen LogP contribution is -2.12. The molecule has 0 atom stereocenters. The van der Waals surface area contributed by atoms with Crippen molar-refractivity contribution in [1.29, 1.82) is 0 Å². The SMILES string of the molecule is Cc1ccc(N(c2ccc(C)cc2)c2ccc3cc4c(cc3c2)oc2cc3cc(N(c5ccc(C)cc5)c5ccc(C)c(Cc6ccc(C)c(N(c7ccccc7)c7ccc8cc9c(cc8c7)oc7cc8cc(N(c%10ccccc%10)c%10cc(C)ccc%10C)ccc8cc79)c6)c5)ccc3cc24)cc1. The Morgan fingerprint density at radius 1 is 0.216 bits per heavy atom. The molecule has 18 aromatic rings. The summed E-state index contributed by atoms with van der Waals surface area (Å²) in [5.41, 5.74) is 27.7. The van der Waals surface area contributed by atoms with Crippen LogP contribution in [0, 0.1) is 48.5 Å². The van der Waals surface area contributed by atoms with Crippen molar-refractivity contribution in [2.45, 2.75) is 54.9 Å². The predicted octanol–water partition coefficient (Wildman–Crippen LogP) is 27.7. The van der Waals surface area contributed by atoms with Gasteiger partial charge in [0.1, 0.15) is 22.3 Å². The Morgan fingerprint density at radius 3 is 0.922 bits per heavy atom. The second-order valence-electron chi connectivity index (χ2n) is 27.9. The first-order valence-corrected chi connectivity index (χ1v) is 35.3. The standard InChI is InChI=1S/C96H74N4O2/c1-60-19-33-79(34-20-60)97(80-35-21-61(2)22-36-80)83-40-29-68-52-87-88-53-69-30-41-84(49-74(69)57-94(88)101-93(87)56-73(68)48-83)98(81-37-23-62(3)24-38-81)82-39-27-64(5)72(47-82)45-67-28-26-66(7)92(46-67)100(78-16-12-9-13-17-78)86-43-32-71-55-90-89-54-70-31-42-85(50-75(70)58-95(89)102-96(90)59-76(71)51-86)99(77-14-10-8-11-15-77)91-44-63(4)18-25-65(91)6/h8-44,46-59H,45H2,1-7H3. The Balaban J connectivity index is 0.664. The molecule has 0 fully saturated rings. The minimum Gasteiger partial charge on any atom is -0.456 e. The minimum absolute atomic E-state index is 0.739. The molecule has 0 unspecified atom stereocenters. The monoisotopic (exact) mass is 1310 g/mol. The Morgan fingerprint density at radius 2 is 0.520 bits per heavy atom. The van der Waals surface area contributed by atoms with Gasteiger partial charge in [-0.1, -0.05) is 144 Å². The zero-order valence-electron chi connectivity index (χ0n) is 58.3. The molecule has 0 bridgehead atoms. The molecule has 0 aliphatic carbocycles. The fraction of sp³-hybridized carbons (Fsp3) is 0.0833. The summed E-state index contributed by atoms with van der Waals surface area (Å²) in [7, 11) is 0. The molecule has 0 aliphatic heterocycles. The van der Waals surface area contributed by atoms with E-state index in [1.54, 1.807) is 0 Å². The van der Waals surface area contributed by atoms with Gasteiger partial charge >= 0.3 is 0 Å². The number of hydrogen-bond acceptors (Lipinski definition) is 6. The van der Waals surface area contributed by atoms with Crippen LogP contribution >= 0.6 is 0 Å². The number of fused-ring (bicyclic) bond motifs is 10. The van der Waals surface area contributed by atoms with Crippen molar-refractivity contribution in [3.05, 3.63) is 359 Å². The fourth-order valence-corrected chi connectivity index (χ4v) is 15.2. The molecule has 0 saturated heterocycles. The van der Waals surface area contributed by atoms with E-state index in [1.807, 2.05) is 0 Å². The van der Waals surface area contributed by atoms with Gasteiger partial charge in [-0.05, 0) is 313 Å². The normalized spacial score (nSPS) is 11.7. The number of nitrogens with zero attached hydrogens (tertiary/aromatic N) is 4. The molecule has 490 valence electrons. The van der Waals surface area contributed by atoms with Gasteiger partial charge in [-0.2, -0.15) is 0 Å². The third kappa shape index (κ3) is 11.3. The Kier molecular flexibility index (Phi) is 15.1. The minimum atomic E-state index is 0.739. The number of para-hydroxylation sites is 2. The first-order chi connectivity index (χ1) is 49.8. The van der Waals surface area contributed by atoms with Gasteiger partial charge in [0.25, 0.3) is 0 Å². The molecule has 0 spiro atoms. The van der Waals surface area contributed by atoms with E-state index in [0.717, 1.165) is 151 Å². The summed E-state index contributed by atoms with van der Waals surface area (Å²) in [5, 5.41) is 13.5. The molecule has 0 amide bonds. The van der Waals surface area contributed by atoms with Crippen LogP contribution in [0.5, 0.6) is 0 Å². The summed E-state index contributed by atoms with van der Waals surface area (Å²) < 4.78 is 13.7. The zero-order chi connectivity index (χ0) is 68.9. The maximum atomic E-state index is 6.87. The van der Waals surface area contributed by atoms with Gasteiger partial charge in [-0.25, -0.2) is 0 Å². The van der Waals surface area contributed by atoms with Gasteiger partial charge in [-0.15, -0.1) is 0 Å². The lowest BCUT2D eigenvalue weighted by atomic mass is 9.97. The van der Waals surface area contributed by atoms with Crippen molar-refractivity contribution in [3.8, 4) is 0 Å². The summed E-state index contributed by atoms with van der Waals surface area (Å²) in [6.45, 7) is 15.2. The number of aryl methyl sites for hydroxylation is 7. The van der Waals surface area contributed by atoms with Crippen molar-refractivity contribution in [2.24, 2.45) is 0 Å². The van der Waals surface area contributed by atoms with E-state index in [-0.39, 0.29) is 0 Å². The Bertz CT molecular complexity index is 6270. The summed E-state index contributed by atoms with van der Waals surface area (Å²) in [6, 6.07) is 114. The van der Waals surface area contributed by atoms with Crippen LogP contribution in [0.4, 0.5) is 68.2 Å².